The second-order valence-electron chi connectivity index (χ2n) is 5.67. The number of alkyl halides is 1. The zero-order valence-corrected chi connectivity index (χ0v) is 13.4. The van der Waals surface area contributed by atoms with Crippen molar-refractivity contribution in [3.63, 3.8) is 0 Å². The van der Waals surface area contributed by atoms with E-state index < -0.39 is 0 Å². The largest absolute Gasteiger partial charge is 0.376 e. The first-order chi connectivity index (χ1) is 9.43. The van der Waals surface area contributed by atoms with E-state index in [0.717, 1.165) is 29.9 Å². The molecule has 0 N–H and O–H groups in total. The van der Waals surface area contributed by atoms with Crippen LogP contribution in [0.1, 0.15) is 38.4 Å². The smallest absolute Gasteiger partial charge is 0.128 e. The zero-order valence-electron chi connectivity index (χ0n) is 11.9. The molecule has 3 nitrogen and oxygen atoms in total. The maximum Gasteiger partial charge on any atom is 0.128 e. The molecule has 3 atom stereocenters. The van der Waals surface area contributed by atoms with Gasteiger partial charge in [-0.3, -0.25) is 0 Å². The molecular formula is C15H18Cl2N2O. The van der Waals surface area contributed by atoms with Crippen LogP contribution in [0.2, 0.25) is 5.02 Å². The monoisotopic (exact) mass is 312 g/mol. The Hall–Kier alpha value is -0.770. The third-order valence-corrected chi connectivity index (χ3v) is 4.79. The Balaban J connectivity index is 2.31. The highest BCUT2D eigenvalue weighted by Crippen LogP contribution is 2.39. The van der Waals surface area contributed by atoms with Gasteiger partial charge in [-0.15, -0.1) is 11.6 Å². The number of fused-ring (bicyclic) bond motifs is 1. The van der Waals surface area contributed by atoms with Crippen molar-refractivity contribution < 1.29 is 4.74 Å². The van der Waals surface area contributed by atoms with E-state index in [9.17, 15) is 0 Å². The van der Waals surface area contributed by atoms with E-state index in [4.69, 9.17) is 32.9 Å². The van der Waals surface area contributed by atoms with Crippen molar-refractivity contribution in [2.24, 2.45) is 0 Å². The maximum absolute atomic E-state index is 6.35. The van der Waals surface area contributed by atoms with Crippen LogP contribution in [0.3, 0.4) is 0 Å². The van der Waals surface area contributed by atoms with Gasteiger partial charge in [0, 0.05) is 11.6 Å². The number of hydrogen-bond donors (Lipinski definition) is 0. The van der Waals surface area contributed by atoms with E-state index in [-0.39, 0.29) is 17.0 Å². The van der Waals surface area contributed by atoms with E-state index in [1.165, 1.54) is 0 Å². The van der Waals surface area contributed by atoms with E-state index in [0.29, 0.717) is 5.02 Å². The lowest BCUT2D eigenvalue weighted by Gasteiger charge is -2.32. The minimum absolute atomic E-state index is 0.119. The Morgan fingerprint density at radius 2 is 2.25 bits per heavy atom. The lowest BCUT2D eigenvalue weighted by atomic mass is 9.93. The van der Waals surface area contributed by atoms with Gasteiger partial charge in [-0.2, -0.15) is 0 Å². The molecule has 2 aromatic rings. The van der Waals surface area contributed by atoms with Crippen LogP contribution in [0, 0.1) is 0 Å². The first-order valence-corrected chi connectivity index (χ1v) is 7.69. The van der Waals surface area contributed by atoms with Gasteiger partial charge in [0.15, 0.2) is 0 Å². The van der Waals surface area contributed by atoms with Crippen molar-refractivity contribution in [1.29, 1.82) is 0 Å². The summed E-state index contributed by atoms with van der Waals surface area (Å²) in [6.07, 6.45) is 1.07. The third kappa shape index (κ3) is 2.03. The molecule has 0 amide bonds. The lowest BCUT2D eigenvalue weighted by Crippen LogP contribution is -2.38. The Labute approximate surface area is 128 Å². The molecule has 3 unspecified atom stereocenters. The first kappa shape index (κ1) is 14.2. The molecule has 1 aromatic heterocycles. The number of halogens is 2. The zero-order chi connectivity index (χ0) is 14.5. The number of rotatable bonds is 2. The molecule has 1 saturated heterocycles. The van der Waals surface area contributed by atoms with Crippen LogP contribution >= 0.6 is 23.2 Å². The molecule has 0 radical (unpaired) electrons. The molecule has 5 heteroatoms. The van der Waals surface area contributed by atoms with Crippen molar-refractivity contribution in [3.8, 4) is 0 Å². The highest BCUT2D eigenvalue weighted by atomic mass is 35.5. The summed E-state index contributed by atoms with van der Waals surface area (Å²) >= 11 is 12.5. The average Bonchev–Trinajstić information content (AvgIpc) is 2.91. The molecule has 1 aromatic carbocycles. The summed E-state index contributed by atoms with van der Waals surface area (Å²) in [5.41, 5.74) is 1.81. The van der Waals surface area contributed by atoms with Crippen LogP contribution in [0.5, 0.6) is 0 Å². The lowest BCUT2D eigenvalue weighted by molar-refractivity contribution is 0.0763. The Kier molecular flexibility index (Phi) is 3.47. The van der Waals surface area contributed by atoms with Gasteiger partial charge >= 0.3 is 0 Å². The van der Waals surface area contributed by atoms with Crippen LogP contribution in [-0.4, -0.2) is 22.3 Å². The fourth-order valence-corrected chi connectivity index (χ4v) is 3.30. The molecule has 1 aliphatic heterocycles. The summed E-state index contributed by atoms with van der Waals surface area (Å²) < 4.78 is 8.01. The van der Waals surface area contributed by atoms with Crippen LogP contribution in [0.25, 0.3) is 11.0 Å². The fourth-order valence-electron chi connectivity index (χ4n) is 2.99. The summed E-state index contributed by atoms with van der Waals surface area (Å²) in [5.74, 6) is 0.879. The molecule has 3 rings (SSSR count). The summed E-state index contributed by atoms with van der Waals surface area (Å²) in [6.45, 7) is 7.01. The highest BCUT2D eigenvalue weighted by molar-refractivity contribution is 6.31. The SMILES string of the molecule is CC(Cl)c1nc2ccc(Cl)cc2n1C1(C)CCOC1C. The molecule has 20 heavy (non-hydrogen) atoms. The second-order valence-corrected chi connectivity index (χ2v) is 6.77. The quantitative estimate of drug-likeness (QED) is 0.763. The summed E-state index contributed by atoms with van der Waals surface area (Å²) in [6, 6.07) is 5.77. The highest BCUT2D eigenvalue weighted by Gasteiger charge is 2.41. The van der Waals surface area contributed by atoms with Gasteiger partial charge in [-0.05, 0) is 45.4 Å². The predicted molar refractivity (Wildman–Crippen MR) is 82.7 cm³/mol. The van der Waals surface area contributed by atoms with Crippen LogP contribution in [0.4, 0.5) is 0 Å². The number of aromatic nitrogens is 2. The predicted octanol–water partition coefficient (Wildman–Crippen LogP) is 4.51. The Morgan fingerprint density at radius 1 is 1.50 bits per heavy atom. The Morgan fingerprint density at radius 3 is 2.85 bits per heavy atom. The van der Waals surface area contributed by atoms with Crippen molar-refractivity contribution in [1.82, 2.24) is 9.55 Å². The molecule has 0 bridgehead atoms. The normalized spacial score (nSPS) is 28.1. The van der Waals surface area contributed by atoms with Crippen molar-refractivity contribution in [3.05, 3.63) is 29.0 Å². The van der Waals surface area contributed by atoms with Gasteiger partial charge in [-0.1, -0.05) is 11.6 Å². The average molecular weight is 313 g/mol. The Bertz CT molecular complexity index is 653. The van der Waals surface area contributed by atoms with Crippen LogP contribution in [0.15, 0.2) is 18.2 Å². The summed E-state index contributed by atoms with van der Waals surface area (Å²) in [4.78, 5) is 4.69. The van der Waals surface area contributed by atoms with E-state index in [1.807, 2.05) is 25.1 Å². The van der Waals surface area contributed by atoms with E-state index >= 15 is 0 Å². The van der Waals surface area contributed by atoms with Gasteiger partial charge in [0.25, 0.3) is 0 Å². The van der Waals surface area contributed by atoms with Gasteiger partial charge in [0.05, 0.1) is 28.1 Å². The molecule has 1 fully saturated rings. The number of ether oxygens (including phenoxy) is 1. The molecular weight excluding hydrogens is 295 g/mol. The number of nitrogens with zero attached hydrogens (tertiary/aromatic N) is 2. The van der Waals surface area contributed by atoms with Gasteiger partial charge in [-0.25, -0.2) is 4.98 Å². The van der Waals surface area contributed by atoms with Crippen LogP contribution in [-0.2, 0) is 10.3 Å². The van der Waals surface area contributed by atoms with E-state index in [2.05, 4.69) is 18.4 Å². The topological polar surface area (TPSA) is 27.1 Å². The number of benzene rings is 1. The summed E-state index contributed by atoms with van der Waals surface area (Å²) in [7, 11) is 0. The number of hydrogen-bond acceptors (Lipinski definition) is 2. The minimum Gasteiger partial charge on any atom is -0.376 e. The van der Waals surface area contributed by atoms with Gasteiger partial charge in [0.1, 0.15) is 5.82 Å². The molecule has 0 saturated carbocycles. The molecule has 0 aliphatic carbocycles. The number of imidazole rings is 1. The van der Waals surface area contributed by atoms with Crippen molar-refractivity contribution in [2.45, 2.75) is 44.2 Å². The molecule has 1 aliphatic rings. The molecule has 108 valence electrons. The second kappa shape index (κ2) is 4.90. The summed E-state index contributed by atoms with van der Waals surface area (Å²) in [5, 5.41) is 0.549. The molecule has 2 heterocycles. The minimum atomic E-state index is -0.161. The standard InChI is InChI=1S/C15H18Cl2N2O/c1-9(16)14-18-12-5-4-11(17)8-13(12)19(14)15(3)6-7-20-10(15)2/h4-5,8-10H,6-7H2,1-3H3. The van der Waals surface area contributed by atoms with E-state index in [1.54, 1.807) is 0 Å². The van der Waals surface area contributed by atoms with Crippen molar-refractivity contribution >= 4 is 34.2 Å². The molecule has 0 spiro atoms. The third-order valence-electron chi connectivity index (χ3n) is 4.36. The van der Waals surface area contributed by atoms with Gasteiger partial charge in [0.2, 0.25) is 0 Å². The van der Waals surface area contributed by atoms with Crippen molar-refractivity contribution in [2.75, 3.05) is 6.61 Å². The first-order valence-electron chi connectivity index (χ1n) is 6.87. The van der Waals surface area contributed by atoms with Crippen LogP contribution < -0.4 is 0 Å². The maximum atomic E-state index is 6.35. The fraction of sp³-hybridized carbons (Fsp3) is 0.533. The van der Waals surface area contributed by atoms with Gasteiger partial charge < -0.3 is 9.30 Å².